The Hall–Kier alpha value is -0.650. The van der Waals surface area contributed by atoms with E-state index < -0.39 is 5.54 Å². The van der Waals surface area contributed by atoms with Crippen LogP contribution in [0.1, 0.15) is 33.1 Å². The van der Waals surface area contributed by atoms with Crippen molar-refractivity contribution in [2.45, 2.75) is 44.7 Å². The van der Waals surface area contributed by atoms with Crippen molar-refractivity contribution in [3.63, 3.8) is 0 Å². The summed E-state index contributed by atoms with van der Waals surface area (Å²) in [5.41, 5.74) is 5.20. The van der Waals surface area contributed by atoms with Crippen LogP contribution in [0.4, 0.5) is 0 Å². The van der Waals surface area contributed by atoms with Crippen LogP contribution in [0.25, 0.3) is 0 Å². The van der Waals surface area contributed by atoms with Gasteiger partial charge < -0.3 is 15.5 Å². The standard InChI is InChI=1S/C15H32N4O/c1-12(2)17-15(14(16)20,13-7-8-13)11-19(5)10-6-9-18(3)4/h12-13,17H,6-11H2,1-5H3,(H2,16,20). The summed E-state index contributed by atoms with van der Waals surface area (Å²) < 4.78 is 0. The molecule has 5 heteroatoms. The lowest BCUT2D eigenvalue weighted by Crippen LogP contribution is -2.64. The molecule has 0 bridgehead atoms. The van der Waals surface area contributed by atoms with E-state index >= 15 is 0 Å². The van der Waals surface area contributed by atoms with E-state index in [1.807, 2.05) is 0 Å². The van der Waals surface area contributed by atoms with Crippen LogP contribution in [-0.4, -0.2) is 68.1 Å². The van der Waals surface area contributed by atoms with Gasteiger partial charge in [0.25, 0.3) is 0 Å². The maximum atomic E-state index is 12.1. The monoisotopic (exact) mass is 284 g/mol. The number of primary amides is 1. The molecule has 118 valence electrons. The second-order valence-corrected chi connectivity index (χ2v) is 6.80. The van der Waals surface area contributed by atoms with Gasteiger partial charge in [0.1, 0.15) is 5.54 Å². The summed E-state index contributed by atoms with van der Waals surface area (Å²) >= 11 is 0. The third kappa shape index (κ3) is 5.04. The minimum atomic E-state index is -0.555. The van der Waals surface area contributed by atoms with Gasteiger partial charge in [-0.05, 0) is 73.3 Å². The largest absolute Gasteiger partial charge is 0.368 e. The van der Waals surface area contributed by atoms with Gasteiger partial charge in [-0.15, -0.1) is 0 Å². The minimum Gasteiger partial charge on any atom is -0.368 e. The molecule has 0 heterocycles. The molecule has 0 saturated heterocycles. The molecule has 1 unspecified atom stereocenters. The summed E-state index contributed by atoms with van der Waals surface area (Å²) in [6.07, 6.45) is 3.31. The molecule has 5 nitrogen and oxygen atoms in total. The van der Waals surface area contributed by atoms with E-state index in [2.05, 4.69) is 50.1 Å². The van der Waals surface area contributed by atoms with Crippen LogP contribution in [0.15, 0.2) is 0 Å². The van der Waals surface area contributed by atoms with E-state index in [1.54, 1.807) is 0 Å². The van der Waals surface area contributed by atoms with E-state index in [4.69, 9.17) is 5.73 Å². The molecule has 1 saturated carbocycles. The van der Waals surface area contributed by atoms with E-state index in [9.17, 15) is 4.79 Å². The molecule has 1 amide bonds. The average Bonchev–Trinajstić information content (AvgIpc) is 3.10. The number of carbonyl (C=O) groups is 1. The second-order valence-electron chi connectivity index (χ2n) is 6.80. The average molecular weight is 284 g/mol. The first-order chi connectivity index (χ1) is 9.28. The number of nitrogens with zero attached hydrogens (tertiary/aromatic N) is 2. The fourth-order valence-electron chi connectivity index (χ4n) is 2.90. The lowest BCUT2D eigenvalue weighted by molar-refractivity contribution is -0.126. The Morgan fingerprint density at radius 2 is 1.90 bits per heavy atom. The van der Waals surface area contributed by atoms with E-state index in [0.29, 0.717) is 12.5 Å². The minimum absolute atomic E-state index is 0.201. The number of hydrogen-bond acceptors (Lipinski definition) is 4. The fraction of sp³-hybridized carbons (Fsp3) is 0.933. The van der Waals surface area contributed by atoms with Gasteiger partial charge in [-0.25, -0.2) is 0 Å². The zero-order chi connectivity index (χ0) is 15.3. The zero-order valence-corrected chi connectivity index (χ0v) is 13.8. The molecule has 0 radical (unpaired) electrons. The number of carbonyl (C=O) groups excluding carboxylic acids is 1. The van der Waals surface area contributed by atoms with Gasteiger partial charge in [-0.1, -0.05) is 0 Å². The van der Waals surface area contributed by atoms with Crippen molar-refractivity contribution in [2.75, 3.05) is 40.8 Å². The number of hydrogen-bond donors (Lipinski definition) is 2. The van der Waals surface area contributed by atoms with Crippen molar-refractivity contribution in [3.05, 3.63) is 0 Å². The van der Waals surface area contributed by atoms with Crippen LogP contribution in [0.2, 0.25) is 0 Å². The number of likely N-dealkylation sites (N-methyl/N-ethyl adjacent to an activating group) is 1. The molecule has 0 aromatic rings. The van der Waals surface area contributed by atoms with Gasteiger partial charge in [0.15, 0.2) is 0 Å². The highest BCUT2D eigenvalue weighted by Crippen LogP contribution is 2.40. The third-order valence-corrected chi connectivity index (χ3v) is 3.92. The number of rotatable bonds is 10. The number of nitrogens with two attached hydrogens (primary N) is 1. The lowest BCUT2D eigenvalue weighted by atomic mass is 9.90. The Labute approximate surface area is 123 Å². The van der Waals surface area contributed by atoms with Crippen LogP contribution < -0.4 is 11.1 Å². The Morgan fingerprint density at radius 1 is 1.30 bits per heavy atom. The predicted molar refractivity (Wildman–Crippen MR) is 83.6 cm³/mol. The Balaban J connectivity index is 2.61. The number of amides is 1. The maximum Gasteiger partial charge on any atom is 0.239 e. The highest BCUT2D eigenvalue weighted by atomic mass is 16.1. The molecule has 0 aromatic carbocycles. The van der Waals surface area contributed by atoms with Crippen molar-refractivity contribution in [1.29, 1.82) is 0 Å². The maximum absolute atomic E-state index is 12.1. The summed E-state index contributed by atoms with van der Waals surface area (Å²) in [6, 6.07) is 0.262. The Morgan fingerprint density at radius 3 is 2.30 bits per heavy atom. The highest BCUT2D eigenvalue weighted by molar-refractivity contribution is 5.86. The van der Waals surface area contributed by atoms with Crippen LogP contribution >= 0.6 is 0 Å². The fourth-order valence-corrected chi connectivity index (χ4v) is 2.90. The van der Waals surface area contributed by atoms with Gasteiger partial charge in [-0.2, -0.15) is 0 Å². The molecule has 1 rings (SSSR count). The highest BCUT2D eigenvalue weighted by Gasteiger charge is 2.50. The van der Waals surface area contributed by atoms with Crippen molar-refractivity contribution >= 4 is 5.91 Å². The molecular weight excluding hydrogens is 252 g/mol. The van der Waals surface area contributed by atoms with Crippen molar-refractivity contribution in [3.8, 4) is 0 Å². The molecule has 1 aliphatic rings. The Bertz CT molecular complexity index is 315. The smallest absolute Gasteiger partial charge is 0.239 e. The Kier molecular flexibility index (Phi) is 6.43. The summed E-state index contributed by atoms with van der Waals surface area (Å²) in [5, 5.41) is 3.46. The first kappa shape index (κ1) is 17.4. The molecule has 1 aliphatic carbocycles. The molecule has 0 aromatic heterocycles. The summed E-state index contributed by atoms with van der Waals surface area (Å²) in [7, 11) is 6.24. The normalized spacial score (nSPS) is 18.8. The van der Waals surface area contributed by atoms with Crippen molar-refractivity contribution in [2.24, 2.45) is 11.7 Å². The molecule has 20 heavy (non-hydrogen) atoms. The second kappa shape index (κ2) is 7.38. The van der Waals surface area contributed by atoms with Crippen LogP contribution in [0, 0.1) is 5.92 Å². The first-order valence-electron chi connectivity index (χ1n) is 7.69. The quantitative estimate of drug-likeness (QED) is 0.613. The van der Waals surface area contributed by atoms with Gasteiger partial charge in [0.05, 0.1) is 0 Å². The van der Waals surface area contributed by atoms with Gasteiger partial charge in [-0.3, -0.25) is 10.1 Å². The third-order valence-electron chi connectivity index (χ3n) is 3.92. The van der Waals surface area contributed by atoms with E-state index in [-0.39, 0.29) is 11.9 Å². The van der Waals surface area contributed by atoms with Gasteiger partial charge in [0.2, 0.25) is 5.91 Å². The molecule has 1 fully saturated rings. The van der Waals surface area contributed by atoms with E-state index in [0.717, 1.165) is 32.4 Å². The predicted octanol–water partition coefficient (Wildman–Crippen LogP) is 0.502. The van der Waals surface area contributed by atoms with Crippen LogP contribution in [0.3, 0.4) is 0 Å². The lowest BCUT2D eigenvalue weighted by Gasteiger charge is -2.37. The first-order valence-corrected chi connectivity index (χ1v) is 7.69. The number of nitrogens with one attached hydrogen (secondary N) is 1. The van der Waals surface area contributed by atoms with Crippen molar-refractivity contribution < 1.29 is 4.79 Å². The van der Waals surface area contributed by atoms with E-state index in [1.165, 1.54) is 0 Å². The van der Waals surface area contributed by atoms with Gasteiger partial charge >= 0.3 is 0 Å². The summed E-state index contributed by atoms with van der Waals surface area (Å²) in [4.78, 5) is 16.5. The molecule has 1 atom stereocenters. The molecule has 3 N–H and O–H groups in total. The van der Waals surface area contributed by atoms with Crippen molar-refractivity contribution in [1.82, 2.24) is 15.1 Å². The molecule has 0 aliphatic heterocycles. The topological polar surface area (TPSA) is 61.6 Å². The van der Waals surface area contributed by atoms with Crippen LogP contribution in [-0.2, 0) is 4.79 Å². The van der Waals surface area contributed by atoms with Crippen LogP contribution in [0.5, 0.6) is 0 Å². The molecular formula is C15H32N4O. The van der Waals surface area contributed by atoms with Gasteiger partial charge in [0, 0.05) is 12.6 Å². The summed E-state index contributed by atoms with van der Waals surface area (Å²) in [5.74, 6) is 0.201. The summed E-state index contributed by atoms with van der Waals surface area (Å²) in [6.45, 7) is 6.91. The zero-order valence-electron chi connectivity index (χ0n) is 13.8. The molecule has 0 spiro atoms. The SMILES string of the molecule is CC(C)NC(CN(C)CCCN(C)C)(C(N)=O)C1CC1.